The monoisotopic (exact) mass is 271 g/mol. The molecule has 0 saturated heterocycles. The molecule has 90 valence electrons. The van der Waals surface area contributed by atoms with Crippen LogP contribution >= 0.6 is 22.9 Å². The lowest BCUT2D eigenvalue weighted by Crippen LogP contribution is -2.27. The van der Waals surface area contributed by atoms with Crippen LogP contribution in [0.5, 0.6) is 0 Å². The summed E-state index contributed by atoms with van der Waals surface area (Å²) in [6.45, 7) is 0.133. The fraction of sp³-hybridized carbons (Fsp3) is 0.182. The van der Waals surface area contributed by atoms with E-state index in [1.807, 2.05) is 16.8 Å². The Morgan fingerprint density at radius 2 is 2.35 bits per heavy atom. The molecule has 0 saturated carbocycles. The first-order valence-corrected chi connectivity index (χ1v) is 6.22. The molecule has 1 atom stereocenters. The number of carbonyl (C=O) groups excluding carboxylic acids is 1. The lowest BCUT2D eigenvalue weighted by atomic mass is 10.2. The molecule has 2 aromatic rings. The van der Waals surface area contributed by atoms with Gasteiger partial charge < -0.3 is 14.8 Å². The minimum atomic E-state index is -0.712. The fourth-order valence-electron chi connectivity index (χ4n) is 1.30. The van der Waals surface area contributed by atoms with Gasteiger partial charge in [-0.3, -0.25) is 4.79 Å². The second-order valence-corrected chi connectivity index (χ2v) is 4.54. The van der Waals surface area contributed by atoms with Crippen LogP contribution in [-0.4, -0.2) is 17.6 Å². The van der Waals surface area contributed by atoms with Gasteiger partial charge in [0, 0.05) is 6.54 Å². The zero-order valence-electron chi connectivity index (χ0n) is 8.72. The average molecular weight is 272 g/mol. The Morgan fingerprint density at radius 3 is 2.94 bits per heavy atom. The van der Waals surface area contributed by atoms with Crippen molar-refractivity contribution in [2.75, 3.05) is 6.54 Å². The highest BCUT2D eigenvalue weighted by atomic mass is 35.5. The number of aliphatic hydroxyl groups excluding tert-OH is 1. The predicted molar refractivity (Wildman–Crippen MR) is 65.3 cm³/mol. The summed E-state index contributed by atoms with van der Waals surface area (Å²) in [6.07, 6.45) is -0.712. The van der Waals surface area contributed by atoms with Gasteiger partial charge in [0.05, 0.1) is 6.10 Å². The van der Waals surface area contributed by atoms with Crippen molar-refractivity contribution in [1.82, 2.24) is 5.32 Å². The first-order chi connectivity index (χ1) is 8.16. The maximum atomic E-state index is 11.6. The third kappa shape index (κ3) is 3.09. The van der Waals surface area contributed by atoms with Crippen LogP contribution in [0.3, 0.4) is 0 Å². The number of thiophene rings is 1. The zero-order valence-corrected chi connectivity index (χ0v) is 10.3. The largest absolute Gasteiger partial charge is 0.440 e. The minimum Gasteiger partial charge on any atom is -0.440 e. The van der Waals surface area contributed by atoms with Crippen LogP contribution in [0.15, 0.2) is 33.4 Å². The SMILES string of the molecule is O=C(NCC(O)c1ccsc1)c1ccc(Cl)o1. The molecular weight excluding hydrogens is 262 g/mol. The molecule has 0 aromatic carbocycles. The lowest BCUT2D eigenvalue weighted by Gasteiger charge is -2.09. The van der Waals surface area contributed by atoms with Crippen LogP contribution in [0, 0.1) is 0 Å². The van der Waals surface area contributed by atoms with Crippen molar-refractivity contribution in [3.63, 3.8) is 0 Å². The van der Waals surface area contributed by atoms with Gasteiger partial charge in [-0.15, -0.1) is 0 Å². The van der Waals surface area contributed by atoms with E-state index in [0.717, 1.165) is 5.56 Å². The molecule has 0 spiro atoms. The van der Waals surface area contributed by atoms with Gasteiger partial charge in [-0.05, 0) is 46.1 Å². The Bertz CT molecular complexity index is 495. The van der Waals surface area contributed by atoms with Gasteiger partial charge in [0.15, 0.2) is 11.0 Å². The molecule has 1 unspecified atom stereocenters. The standard InChI is InChI=1S/C11H10ClNO3S/c12-10-2-1-9(16-10)11(15)13-5-8(14)7-3-4-17-6-7/h1-4,6,8,14H,5H2,(H,13,15). The molecule has 0 aliphatic rings. The Labute approximate surface area is 107 Å². The lowest BCUT2D eigenvalue weighted by molar-refractivity contribution is 0.0889. The van der Waals surface area contributed by atoms with E-state index in [1.54, 1.807) is 0 Å². The molecule has 17 heavy (non-hydrogen) atoms. The van der Waals surface area contributed by atoms with Gasteiger partial charge in [-0.25, -0.2) is 0 Å². The van der Waals surface area contributed by atoms with Crippen molar-refractivity contribution < 1.29 is 14.3 Å². The number of hydrogen-bond donors (Lipinski definition) is 2. The number of halogens is 1. The summed E-state index contributed by atoms with van der Waals surface area (Å²) in [5.41, 5.74) is 0.785. The molecule has 0 aliphatic heterocycles. The van der Waals surface area contributed by atoms with Crippen molar-refractivity contribution >= 4 is 28.8 Å². The molecule has 0 aliphatic carbocycles. The summed E-state index contributed by atoms with van der Waals surface area (Å²) < 4.78 is 4.94. The molecule has 4 nitrogen and oxygen atoms in total. The van der Waals surface area contributed by atoms with Gasteiger partial charge in [0.2, 0.25) is 0 Å². The maximum absolute atomic E-state index is 11.6. The van der Waals surface area contributed by atoms with E-state index in [-0.39, 0.29) is 17.5 Å². The van der Waals surface area contributed by atoms with Gasteiger partial charge >= 0.3 is 0 Å². The number of furan rings is 1. The van der Waals surface area contributed by atoms with Gasteiger partial charge in [0.1, 0.15) is 0 Å². The van der Waals surface area contributed by atoms with Crippen LogP contribution in [-0.2, 0) is 0 Å². The van der Waals surface area contributed by atoms with Crippen molar-refractivity contribution in [2.24, 2.45) is 0 Å². The van der Waals surface area contributed by atoms with E-state index in [9.17, 15) is 9.90 Å². The number of aliphatic hydroxyl groups is 1. The molecule has 2 aromatic heterocycles. The van der Waals surface area contributed by atoms with E-state index in [1.165, 1.54) is 23.5 Å². The van der Waals surface area contributed by atoms with Crippen molar-refractivity contribution in [2.45, 2.75) is 6.10 Å². The number of rotatable bonds is 4. The Kier molecular flexibility index (Phi) is 3.83. The number of hydrogen-bond acceptors (Lipinski definition) is 4. The minimum absolute atomic E-state index is 0.132. The molecule has 2 heterocycles. The van der Waals surface area contributed by atoms with E-state index in [2.05, 4.69) is 5.32 Å². The maximum Gasteiger partial charge on any atom is 0.287 e. The van der Waals surface area contributed by atoms with Crippen LogP contribution in [0.25, 0.3) is 0 Å². The van der Waals surface area contributed by atoms with E-state index >= 15 is 0 Å². The molecule has 1 amide bonds. The van der Waals surface area contributed by atoms with E-state index < -0.39 is 12.0 Å². The van der Waals surface area contributed by atoms with Crippen molar-refractivity contribution in [1.29, 1.82) is 0 Å². The van der Waals surface area contributed by atoms with E-state index in [4.69, 9.17) is 16.0 Å². The van der Waals surface area contributed by atoms with Crippen LogP contribution < -0.4 is 5.32 Å². The molecule has 2 rings (SSSR count). The molecule has 0 fully saturated rings. The predicted octanol–water partition coefficient (Wildman–Crippen LogP) is 2.46. The van der Waals surface area contributed by atoms with E-state index in [0.29, 0.717) is 0 Å². The van der Waals surface area contributed by atoms with Gasteiger partial charge in [-0.2, -0.15) is 11.3 Å². The second kappa shape index (κ2) is 5.35. The third-order valence-corrected chi connectivity index (χ3v) is 3.09. The summed E-state index contributed by atoms with van der Waals surface area (Å²) in [6, 6.07) is 4.78. The van der Waals surface area contributed by atoms with Crippen LogP contribution in [0.2, 0.25) is 5.22 Å². The Hall–Kier alpha value is -1.30. The van der Waals surface area contributed by atoms with Crippen molar-refractivity contribution in [3.05, 3.63) is 45.5 Å². The first kappa shape index (κ1) is 12.2. The van der Waals surface area contributed by atoms with Crippen molar-refractivity contribution in [3.8, 4) is 0 Å². The van der Waals surface area contributed by atoms with Crippen LogP contribution in [0.1, 0.15) is 22.2 Å². The zero-order chi connectivity index (χ0) is 12.3. The summed E-state index contributed by atoms with van der Waals surface area (Å²) in [5, 5.41) is 16.2. The second-order valence-electron chi connectivity index (χ2n) is 3.39. The Balaban J connectivity index is 1.88. The quantitative estimate of drug-likeness (QED) is 0.898. The highest BCUT2D eigenvalue weighted by Gasteiger charge is 2.13. The number of nitrogens with one attached hydrogen (secondary N) is 1. The number of amides is 1. The van der Waals surface area contributed by atoms with Gasteiger partial charge in [-0.1, -0.05) is 0 Å². The number of carbonyl (C=O) groups is 1. The fourth-order valence-corrected chi connectivity index (χ4v) is 2.15. The topological polar surface area (TPSA) is 62.5 Å². The molecule has 6 heteroatoms. The summed E-state index contributed by atoms with van der Waals surface area (Å²) in [7, 11) is 0. The van der Waals surface area contributed by atoms with Crippen LogP contribution in [0.4, 0.5) is 0 Å². The first-order valence-electron chi connectivity index (χ1n) is 4.90. The summed E-state index contributed by atoms with van der Waals surface area (Å²) in [4.78, 5) is 11.6. The molecular formula is C11H10ClNO3S. The molecule has 0 radical (unpaired) electrons. The summed E-state index contributed by atoms with van der Waals surface area (Å²) in [5.74, 6) is -0.265. The highest BCUT2D eigenvalue weighted by molar-refractivity contribution is 7.07. The van der Waals surface area contributed by atoms with Gasteiger partial charge in [0.25, 0.3) is 5.91 Å². The summed E-state index contributed by atoms with van der Waals surface area (Å²) >= 11 is 7.05. The highest BCUT2D eigenvalue weighted by Crippen LogP contribution is 2.16. The smallest absolute Gasteiger partial charge is 0.287 e. The Morgan fingerprint density at radius 1 is 1.53 bits per heavy atom. The normalized spacial score (nSPS) is 12.4. The average Bonchev–Trinajstić information content (AvgIpc) is 2.95. The molecule has 0 bridgehead atoms. The molecule has 2 N–H and O–H groups in total. The third-order valence-electron chi connectivity index (χ3n) is 2.18.